The number of amides is 1. The van der Waals surface area contributed by atoms with Crippen LogP contribution in [0.1, 0.15) is 11.4 Å². The van der Waals surface area contributed by atoms with Gasteiger partial charge in [0.05, 0.1) is 22.7 Å². The van der Waals surface area contributed by atoms with Crippen LogP contribution in [-0.2, 0) is 27.9 Å². The molecule has 3 aromatic rings. The van der Waals surface area contributed by atoms with Gasteiger partial charge in [-0.1, -0.05) is 29.3 Å². The van der Waals surface area contributed by atoms with E-state index in [-0.39, 0.29) is 27.2 Å². The van der Waals surface area contributed by atoms with Crippen molar-refractivity contribution in [2.24, 2.45) is 0 Å². The van der Waals surface area contributed by atoms with Crippen molar-refractivity contribution < 1.29 is 13.2 Å². The Labute approximate surface area is 187 Å². The van der Waals surface area contributed by atoms with Crippen LogP contribution in [-0.4, -0.2) is 34.1 Å². The van der Waals surface area contributed by atoms with Crippen molar-refractivity contribution in [3.63, 3.8) is 0 Å². The number of sulfonamides is 1. The first-order chi connectivity index (χ1) is 14.7. The van der Waals surface area contributed by atoms with Gasteiger partial charge in [-0.25, -0.2) is 27.8 Å². The van der Waals surface area contributed by atoms with Crippen molar-refractivity contribution in [2.75, 3.05) is 5.32 Å². The van der Waals surface area contributed by atoms with Crippen molar-refractivity contribution in [3.05, 3.63) is 74.6 Å². The number of nitrogens with one attached hydrogen (secondary N) is 2. The summed E-state index contributed by atoms with van der Waals surface area (Å²) in [7, 11) is -3.90. The van der Waals surface area contributed by atoms with Crippen LogP contribution in [0, 0.1) is 6.92 Å². The number of hydrogen-bond donors (Lipinski definition) is 2. The van der Waals surface area contributed by atoms with Crippen LogP contribution >= 0.6 is 23.2 Å². The van der Waals surface area contributed by atoms with Gasteiger partial charge in [0.1, 0.15) is 17.4 Å². The van der Waals surface area contributed by atoms with E-state index in [4.69, 9.17) is 23.2 Å². The number of hydrogen-bond acceptors (Lipinski definition) is 7. The predicted molar refractivity (Wildman–Crippen MR) is 114 cm³/mol. The van der Waals surface area contributed by atoms with E-state index in [1.165, 1.54) is 24.5 Å². The van der Waals surface area contributed by atoms with Gasteiger partial charge in [0.15, 0.2) is 0 Å². The summed E-state index contributed by atoms with van der Waals surface area (Å²) in [6.45, 7) is 1.10. The summed E-state index contributed by atoms with van der Waals surface area (Å²) in [5.74, 6) is -0.293. The van der Waals surface area contributed by atoms with Crippen molar-refractivity contribution in [3.8, 4) is 0 Å². The topological polar surface area (TPSA) is 136 Å². The first-order valence-corrected chi connectivity index (χ1v) is 11.0. The van der Waals surface area contributed by atoms with Crippen LogP contribution in [0.4, 0.5) is 5.69 Å². The van der Waals surface area contributed by atoms with E-state index in [1.54, 1.807) is 19.1 Å². The largest absolute Gasteiger partial charge is 0.324 e. The van der Waals surface area contributed by atoms with E-state index in [9.17, 15) is 18.0 Å². The second-order valence-corrected chi connectivity index (χ2v) is 8.81. The van der Waals surface area contributed by atoms with Crippen molar-refractivity contribution in [1.29, 1.82) is 0 Å². The third kappa shape index (κ3) is 5.64. The van der Waals surface area contributed by atoms with Crippen LogP contribution < -0.4 is 15.6 Å². The summed E-state index contributed by atoms with van der Waals surface area (Å²) in [6.07, 6.45) is 4.16. The number of anilines is 1. The number of carbonyl (C=O) groups is 1. The summed E-state index contributed by atoms with van der Waals surface area (Å²) in [6, 6.07) is 6.02. The van der Waals surface area contributed by atoms with E-state index < -0.39 is 28.0 Å². The van der Waals surface area contributed by atoms with Crippen LogP contribution in [0.25, 0.3) is 0 Å². The molecule has 1 amide bonds. The number of rotatable bonds is 7. The van der Waals surface area contributed by atoms with Gasteiger partial charge in [0, 0.05) is 18.1 Å². The highest BCUT2D eigenvalue weighted by molar-refractivity contribution is 7.89. The highest BCUT2D eigenvalue weighted by Gasteiger charge is 2.19. The fraction of sp³-hybridized carbons (Fsp3) is 0.167. The quantitative estimate of drug-likeness (QED) is 0.523. The second kappa shape index (κ2) is 9.52. The highest BCUT2D eigenvalue weighted by Crippen LogP contribution is 2.20. The highest BCUT2D eigenvalue weighted by atomic mass is 35.5. The second-order valence-electron chi connectivity index (χ2n) is 6.29. The molecule has 0 atom stereocenters. The molecule has 0 spiro atoms. The number of benzene rings is 1. The maximum Gasteiger partial charge on any atom is 0.287 e. The molecule has 0 bridgehead atoms. The maximum absolute atomic E-state index is 12.7. The van der Waals surface area contributed by atoms with E-state index in [0.29, 0.717) is 11.4 Å². The number of halogens is 2. The molecule has 13 heteroatoms. The number of aromatic nitrogens is 4. The number of nitrogens with zero attached hydrogens (tertiary/aromatic N) is 4. The van der Waals surface area contributed by atoms with Crippen molar-refractivity contribution in [2.45, 2.75) is 24.9 Å². The van der Waals surface area contributed by atoms with E-state index >= 15 is 0 Å². The van der Waals surface area contributed by atoms with Gasteiger partial charge in [0.2, 0.25) is 15.9 Å². The van der Waals surface area contributed by atoms with E-state index in [1.807, 2.05) is 0 Å². The molecule has 2 heterocycles. The predicted octanol–water partition coefficient (Wildman–Crippen LogP) is 1.77. The lowest BCUT2D eigenvalue weighted by molar-refractivity contribution is -0.117. The molecule has 0 fully saturated rings. The molecule has 2 aromatic heterocycles. The minimum absolute atomic E-state index is 0.0222. The zero-order valence-electron chi connectivity index (χ0n) is 16.0. The third-order valence-electron chi connectivity index (χ3n) is 4.04. The lowest BCUT2D eigenvalue weighted by atomic mass is 10.2. The Morgan fingerprint density at radius 1 is 1.19 bits per heavy atom. The molecule has 0 unspecified atom stereocenters. The van der Waals surface area contributed by atoms with Gasteiger partial charge >= 0.3 is 0 Å². The molecule has 0 aliphatic rings. The first kappa shape index (κ1) is 22.8. The molecule has 31 heavy (non-hydrogen) atoms. The molecule has 0 aliphatic heterocycles. The minimum Gasteiger partial charge on any atom is -0.324 e. The smallest absolute Gasteiger partial charge is 0.287 e. The summed E-state index contributed by atoms with van der Waals surface area (Å²) in [5, 5.41) is 6.02. The zero-order chi connectivity index (χ0) is 22.6. The standard InChI is InChI=1S/C18H16Cl2N6O4S/c1-11-3-4-12(25-16(27)10-26-18(28)17(20)13(19)8-23-26)7-14(11)31(29,30)24-9-15-21-5-2-6-22-15/h2-8,24H,9-10H2,1H3,(H,25,27). The Morgan fingerprint density at radius 3 is 2.61 bits per heavy atom. The zero-order valence-corrected chi connectivity index (χ0v) is 18.4. The van der Waals surface area contributed by atoms with Gasteiger partial charge in [-0.15, -0.1) is 0 Å². The Hall–Kier alpha value is -2.86. The summed E-state index contributed by atoms with van der Waals surface area (Å²) in [5.41, 5.74) is -0.0225. The first-order valence-electron chi connectivity index (χ1n) is 8.74. The van der Waals surface area contributed by atoms with Crippen molar-refractivity contribution >= 4 is 44.8 Å². The average Bonchev–Trinajstić information content (AvgIpc) is 2.75. The van der Waals surface area contributed by atoms with Crippen LogP contribution in [0.3, 0.4) is 0 Å². The third-order valence-corrected chi connectivity index (χ3v) is 6.33. The molecule has 0 saturated heterocycles. The SMILES string of the molecule is Cc1ccc(NC(=O)Cn2ncc(Cl)c(Cl)c2=O)cc1S(=O)(=O)NCc1ncccn1. The molecule has 0 saturated carbocycles. The normalized spacial score (nSPS) is 11.3. The van der Waals surface area contributed by atoms with Crippen LogP contribution in [0.15, 0.2) is 52.5 Å². The molecule has 2 N–H and O–H groups in total. The number of carbonyl (C=O) groups excluding carboxylic acids is 1. The van der Waals surface area contributed by atoms with Gasteiger partial charge < -0.3 is 5.32 Å². The molecule has 3 rings (SSSR count). The molecular weight excluding hydrogens is 467 g/mol. The Morgan fingerprint density at radius 2 is 1.90 bits per heavy atom. The van der Waals surface area contributed by atoms with E-state index in [2.05, 4.69) is 25.1 Å². The Bertz CT molecular complexity index is 1280. The monoisotopic (exact) mass is 482 g/mol. The fourth-order valence-corrected chi connectivity index (χ4v) is 4.04. The Kier molecular flexibility index (Phi) is 7.01. The average molecular weight is 483 g/mol. The lowest BCUT2D eigenvalue weighted by Crippen LogP contribution is -2.30. The molecule has 10 nitrogen and oxygen atoms in total. The molecule has 1 aromatic carbocycles. The van der Waals surface area contributed by atoms with Crippen molar-refractivity contribution in [1.82, 2.24) is 24.5 Å². The molecular formula is C18H16Cl2N6O4S. The van der Waals surface area contributed by atoms with Gasteiger partial charge in [-0.2, -0.15) is 5.10 Å². The maximum atomic E-state index is 12.7. The summed E-state index contributed by atoms with van der Waals surface area (Å²) >= 11 is 11.5. The fourth-order valence-electron chi connectivity index (χ4n) is 2.52. The molecule has 0 aliphatic carbocycles. The minimum atomic E-state index is -3.90. The summed E-state index contributed by atoms with van der Waals surface area (Å²) in [4.78, 5) is 32.2. The Balaban J connectivity index is 1.75. The van der Waals surface area contributed by atoms with Gasteiger partial charge in [-0.05, 0) is 30.7 Å². The van der Waals surface area contributed by atoms with Crippen LogP contribution in [0.2, 0.25) is 10.0 Å². The van der Waals surface area contributed by atoms with Gasteiger partial charge in [0.25, 0.3) is 5.56 Å². The van der Waals surface area contributed by atoms with Gasteiger partial charge in [-0.3, -0.25) is 9.59 Å². The van der Waals surface area contributed by atoms with Crippen LogP contribution in [0.5, 0.6) is 0 Å². The molecule has 0 radical (unpaired) electrons. The molecule has 162 valence electrons. The lowest BCUT2D eigenvalue weighted by Gasteiger charge is -2.12. The number of aryl methyl sites for hydroxylation is 1. The summed E-state index contributed by atoms with van der Waals surface area (Å²) < 4.78 is 28.7. The van der Waals surface area contributed by atoms with E-state index in [0.717, 1.165) is 10.9 Å².